The predicted octanol–water partition coefficient (Wildman–Crippen LogP) is 7.80. The van der Waals surface area contributed by atoms with Crippen molar-refractivity contribution in [3.63, 3.8) is 0 Å². The average molecular weight is 506 g/mol. The molecule has 0 bridgehead atoms. The molecule has 0 heterocycles. The molecule has 3 heteroatoms. The minimum atomic E-state index is 0.154. The summed E-state index contributed by atoms with van der Waals surface area (Å²) in [5.41, 5.74) is 11.4. The first-order valence-corrected chi connectivity index (χ1v) is 12.8. The second-order valence-electron chi connectivity index (χ2n) is 9.74. The SMILES string of the molecule is CC1=C(C)C(C)C(c2ccccc2C[N]([Zr])C(=O)c2c(C(C)C)cccc2C(C)C)=C1C. The zero-order chi connectivity index (χ0) is 23.7. The Bertz CT molecular complexity index is 1060. The fraction of sp³-hybridized carbons (Fsp3) is 0.414. The summed E-state index contributed by atoms with van der Waals surface area (Å²) < 4.78 is 1.99. The molecular weight excluding hydrogens is 470 g/mol. The molecule has 0 saturated heterocycles. The molecule has 167 valence electrons. The van der Waals surface area contributed by atoms with E-state index in [9.17, 15) is 4.79 Å². The van der Waals surface area contributed by atoms with Crippen molar-refractivity contribution in [3.05, 3.63) is 87.0 Å². The molecule has 1 unspecified atom stereocenters. The van der Waals surface area contributed by atoms with Crippen LogP contribution in [0.2, 0.25) is 0 Å². The Morgan fingerprint density at radius 2 is 1.47 bits per heavy atom. The van der Waals surface area contributed by atoms with E-state index in [0.29, 0.717) is 24.3 Å². The van der Waals surface area contributed by atoms with Gasteiger partial charge < -0.3 is 0 Å². The van der Waals surface area contributed by atoms with Crippen molar-refractivity contribution < 1.29 is 29.8 Å². The molecule has 3 rings (SSSR count). The molecule has 0 N–H and O–H groups in total. The van der Waals surface area contributed by atoms with Gasteiger partial charge in [0, 0.05) is 0 Å². The number of benzene rings is 2. The zero-order valence-electron chi connectivity index (χ0n) is 20.8. The molecule has 0 aliphatic heterocycles. The first-order chi connectivity index (χ1) is 15.1. The van der Waals surface area contributed by atoms with Crippen molar-refractivity contribution in [3.8, 4) is 0 Å². The van der Waals surface area contributed by atoms with Crippen LogP contribution in [0, 0.1) is 5.92 Å². The molecule has 2 aromatic rings. The van der Waals surface area contributed by atoms with Gasteiger partial charge in [0.15, 0.2) is 0 Å². The van der Waals surface area contributed by atoms with E-state index in [1.807, 2.05) is 2.84 Å². The van der Waals surface area contributed by atoms with Gasteiger partial charge >= 0.3 is 211 Å². The summed E-state index contributed by atoms with van der Waals surface area (Å²) in [6, 6.07) is 15.0. The molecular formula is C29H36NOZr. The summed E-state index contributed by atoms with van der Waals surface area (Å²) >= 11 is 1.12. The predicted molar refractivity (Wildman–Crippen MR) is 131 cm³/mol. The second kappa shape index (κ2) is 10.0. The standard InChI is InChI=1S/C29H37NO.Zr/c1-17(2)24-14-11-15-25(18(3)4)28(24)29(31)30-16-23-12-9-10-13-26(23)27-21(7)19(5)20(6)22(27)8;/h9-15,17-18,21H,16H2,1-8H3,(H,30,31);/q;+1/p-1. The molecule has 32 heavy (non-hydrogen) atoms. The zero-order valence-corrected chi connectivity index (χ0v) is 23.3. The number of nitrogens with zero attached hydrogens (tertiary/aromatic N) is 1. The van der Waals surface area contributed by atoms with Gasteiger partial charge in [-0.3, -0.25) is 0 Å². The molecule has 0 saturated carbocycles. The number of carbonyl (C=O) groups is 1. The van der Waals surface area contributed by atoms with Crippen LogP contribution in [0.15, 0.2) is 59.2 Å². The molecule has 0 radical (unpaired) electrons. The van der Waals surface area contributed by atoms with E-state index in [1.54, 1.807) is 0 Å². The molecule has 1 amide bonds. The van der Waals surface area contributed by atoms with Crippen molar-refractivity contribution >= 4 is 11.5 Å². The quantitative estimate of drug-likeness (QED) is 0.392. The first-order valence-electron chi connectivity index (χ1n) is 11.7. The van der Waals surface area contributed by atoms with Gasteiger partial charge in [0.1, 0.15) is 0 Å². The Morgan fingerprint density at radius 1 is 0.906 bits per heavy atom. The van der Waals surface area contributed by atoms with Crippen molar-refractivity contribution in [1.82, 2.24) is 2.84 Å². The summed E-state index contributed by atoms with van der Waals surface area (Å²) in [6.45, 7) is 18.3. The molecule has 0 spiro atoms. The van der Waals surface area contributed by atoms with Crippen LogP contribution in [0.25, 0.3) is 5.57 Å². The number of allylic oxidation sites excluding steroid dienone is 4. The Labute approximate surface area is 210 Å². The van der Waals surface area contributed by atoms with Gasteiger partial charge in [-0.2, -0.15) is 0 Å². The van der Waals surface area contributed by atoms with Crippen LogP contribution >= 0.6 is 0 Å². The summed E-state index contributed by atoms with van der Waals surface area (Å²) in [4.78, 5) is 13.8. The molecule has 0 aromatic heterocycles. The molecule has 0 fully saturated rings. The van der Waals surface area contributed by atoms with Gasteiger partial charge in [-0.25, -0.2) is 0 Å². The van der Waals surface area contributed by atoms with Gasteiger partial charge in [0.25, 0.3) is 0 Å². The average Bonchev–Trinajstić information content (AvgIpc) is 2.95. The van der Waals surface area contributed by atoms with E-state index in [1.165, 1.54) is 33.4 Å². The second-order valence-corrected chi connectivity index (χ2v) is 11.1. The van der Waals surface area contributed by atoms with E-state index in [0.717, 1.165) is 41.7 Å². The molecule has 1 aliphatic carbocycles. The normalized spacial score (nSPS) is 16.5. The maximum absolute atomic E-state index is 13.8. The van der Waals surface area contributed by atoms with Gasteiger partial charge in [0.2, 0.25) is 0 Å². The van der Waals surface area contributed by atoms with Crippen LogP contribution in [0.5, 0.6) is 0 Å². The molecule has 2 nitrogen and oxygen atoms in total. The summed E-state index contributed by atoms with van der Waals surface area (Å²) in [5, 5.41) is 0. The number of hydrogen-bond acceptors (Lipinski definition) is 1. The van der Waals surface area contributed by atoms with Crippen LogP contribution < -0.4 is 0 Å². The third-order valence-corrected chi connectivity index (χ3v) is 8.00. The summed E-state index contributed by atoms with van der Waals surface area (Å²) in [7, 11) is 0. The Kier molecular flexibility index (Phi) is 7.82. The van der Waals surface area contributed by atoms with Crippen molar-refractivity contribution in [1.29, 1.82) is 0 Å². The third-order valence-electron chi connectivity index (χ3n) is 7.11. The topological polar surface area (TPSA) is 20.3 Å². The number of hydrogen-bond donors (Lipinski definition) is 0. The van der Waals surface area contributed by atoms with Crippen LogP contribution in [-0.4, -0.2) is 8.75 Å². The van der Waals surface area contributed by atoms with Gasteiger partial charge in [-0.1, -0.05) is 0 Å². The maximum atomic E-state index is 13.8. The fourth-order valence-corrected chi connectivity index (χ4v) is 5.59. The van der Waals surface area contributed by atoms with E-state index in [4.69, 9.17) is 0 Å². The fourth-order valence-electron chi connectivity index (χ4n) is 4.90. The number of carbonyl (C=O) groups excluding carboxylic acids is 1. The minimum absolute atomic E-state index is 0.154. The van der Waals surface area contributed by atoms with E-state index in [2.05, 4.69) is 97.9 Å². The molecule has 2 aromatic carbocycles. The van der Waals surface area contributed by atoms with Gasteiger partial charge in [-0.05, 0) is 0 Å². The van der Waals surface area contributed by atoms with Gasteiger partial charge in [0.05, 0.1) is 0 Å². The monoisotopic (exact) mass is 504 g/mol. The molecule has 1 aliphatic rings. The van der Waals surface area contributed by atoms with Crippen molar-refractivity contribution in [2.24, 2.45) is 5.92 Å². The van der Waals surface area contributed by atoms with Crippen LogP contribution in [0.1, 0.15) is 99.8 Å². The van der Waals surface area contributed by atoms with E-state index in [-0.39, 0.29) is 5.91 Å². The van der Waals surface area contributed by atoms with Crippen LogP contribution in [0.3, 0.4) is 0 Å². The van der Waals surface area contributed by atoms with E-state index < -0.39 is 0 Å². The number of amides is 1. The van der Waals surface area contributed by atoms with Crippen molar-refractivity contribution in [2.75, 3.05) is 0 Å². The van der Waals surface area contributed by atoms with Gasteiger partial charge in [-0.15, -0.1) is 0 Å². The van der Waals surface area contributed by atoms with Crippen LogP contribution in [-0.2, 0) is 31.6 Å². The van der Waals surface area contributed by atoms with Crippen LogP contribution in [0.4, 0.5) is 0 Å². The third kappa shape index (κ3) is 4.65. The Hall–Kier alpha value is -1.73. The number of rotatable bonds is 6. The summed E-state index contributed by atoms with van der Waals surface area (Å²) in [6.07, 6.45) is 0. The molecule has 1 atom stereocenters. The summed E-state index contributed by atoms with van der Waals surface area (Å²) in [5.74, 6) is 1.20. The Balaban J connectivity index is 1.99. The van der Waals surface area contributed by atoms with E-state index >= 15 is 0 Å². The van der Waals surface area contributed by atoms with Crippen molar-refractivity contribution in [2.45, 2.75) is 73.8 Å². The first kappa shape index (κ1) is 24.9. The Morgan fingerprint density at radius 3 is 1.97 bits per heavy atom.